The second-order valence-corrected chi connectivity index (χ2v) is 6.38. The van der Waals surface area contributed by atoms with E-state index in [1.54, 1.807) is 0 Å². The second-order valence-electron chi connectivity index (χ2n) is 6.38. The Morgan fingerprint density at radius 3 is 0.806 bits per heavy atom. The van der Waals surface area contributed by atoms with Gasteiger partial charge in [-0.3, -0.25) is 0 Å². The van der Waals surface area contributed by atoms with E-state index in [1.807, 2.05) is 0 Å². The third kappa shape index (κ3) is 3.69. The van der Waals surface area contributed by atoms with Gasteiger partial charge in [0.15, 0.2) is 0 Å². The van der Waals surface area contributed by atoms with Gasteiger partial charge in [0, 0.05) is 0 Å². The van der Waals surface area contributed by atoms with E-state index in [2.05, 4.69) is 0 Å². The van der Waals surface area contributed by atoms with Crippen LogP contribution in [-0.2, 0) is 4.79 Å². The number of alkyl halides is 22. The van der Waals surface area contributed by atoms with E-state index in [4.69, 9.17) is 0 Å². The Balaban J connectivity index is 7.18. The minimum atomic E-state index is -9.38. The van der Waals surface area contributed by atoms with Crippen LogP contribution in [0.2, 0.25) is 0 Å². The summed E-state index contributed by atoms with van der Waals surface area (Å²) in [5, 5.41) is 9.75. The molecule has 0 aliphatic heterocycles. The lowest BCUT2D eigenvalue weighted by Crippen LogP contribution is -2.77. The number of hydrogen-bond donors (Lipinski definition) is 0. The molecule has 216 valence electrons. The lowest BCUT2D eigenvalue weighted by molar-refractivity contribution is -0.472. The fourth-order valence-electron chi connectivity index (χ4n) is 1.85. The third-order valence-corrected chi connectivity index (χ3v) is 4.10. The van der Waals surface area contributed by atoms with Crippen molar-refractivity contribution in [2.75, 3.05) is 0 Å². The van der Waals surface area contributed by atoms with Crippen molar-refractivity contribution in [1.29, 1.82) is 0 Å². The zero-order valence-electron chi connectivity index (χ0n) is 15.2. The first-order valence-electron chi connectivity index (χ1n) is 7.41. The summed E-state index contributed by atoms with van der Waals surface area (Å²) >= 11 is 0. The summed E-state index contributed by atoms with van der Waals surface area (Å²) in [5.41, 5.74) is 0. The van der Waals surface area contributed by atoms with Gasteiger partial charge in [-0.1, -0.05) is 0 Å². The highest BCUT2D eigenvalue weighted by molar-refractivity contribution is 5.75. The SMILES string of the molecule is O=C([O-])C(F)(F)C(F)(F)C(F)(F)C(F)(F)C(F)(F)C(F)(F)C(F)(F)C(F)(F)C(F)(F)C(F)(F)C(F)F. The Labute approximate surface area is 179 Å². The monoisotopic (exact) mass is 595 g/mol. The first kappa shape index (κ1) is 33.9. The molecule has 0 aromatic carbocycles. The van der Waals surface area contributed by atoms with Crippen LogP contribution in [0.15, 0.2) is 0 Å². The van der Waals surface area contributed by atoms with Crippen molar-refractivity contribution in [2.45, 2.75) is 65.7 Å². The van der Waals surface area contributed by atoms with E-state index in [1.165, 1.54) is 0 Å². The summed E-state index contributed by atoms with van der Waals surface area (Å²) in [7, 11) is 0. The molecule has 0 aliphatic carbocycles. The fraction of sp³-hybridized carbons (Fsp3) is 0.917. The zero-order valence-corrected chi connectivity index (χ0v) is 15.2. The van der Waals surface area contributed by atoms with Gasteiger partial charge in [-0.25, -0.2) is 8.78 Å². The highest BCUT2D eigenvalue weighted by Gasteiger charge is 2.98. The van der Waals surface area contributed by atoms with Gasteiger partial charge in [0.05, 0.1) is 0 Å². The van der Waals surface area contributed by atoms with E-state index >= 15 is 0 Å². The molecule has 0 unspecified atom stereocenters. The van der Waals surface area contributed by atoms with Gasteiger partial charge in [0.25, 0.3) is 0 Å². The van der Waals surface area contributed by atoms with Gasteiger partial charge in [-0.15, -0.1) is 0 Å². The summed E-state index contributed by atoms with van der Waals surface area (Å²) in [4.78, 5) is 9.75. The molecule has 0 saturated heterocycles. The van der Waals surface area contributed by atoms with Crippen molar-refractivity contribution in [2.24, 2.45) is 0 Å². The summed E-state index contributed by atoms with van der Waals surface area (Å²) in [5.74, 6) is -93.0. The van der Waals surface area contributed by atoms with Crippen molar-refractivity contribution >= 4 is 5.97 Å². The Bertz CT molecular complexity index is 840. The minimum absolute atomic E-state index is 4.83. The first-order valence-corrected chi connectivity index (χ1v) is 7.41. The van der Waals surface area contributed by atoms with Gasteiger partial charge in [0.1, 0.15) is 5.97 Å². The molecule has 0 amide bonds. The van der Waals surface area contributed by atoms with Crippen LogP contribution in [0.25, 0.3) is 0 Å². The molecule has 0 heterocycles. The Morgan fingerprint density at radius 1 is 0.417 bits per heavy atom. The summed E-state index contributed by atoms with van der Waals surface area (Å²) < 4.78 is 285. The summed E-state index contributed by atoms with van der Waals surface area (Å²) in [6.45, 7) is 0. The van der Waals surface area contributed by atoms with E-state index in [9.17, 15) is 106 Å². The maximum absolute atomic E-state index is 13.3. The van der Waals surface area contributed by atoms with E-state index in [0.717, 1.165) is 0 Å². The average molecular weight is 595 g/mol. The number of rotatable bonds is 11. The predicted octanol–water partition coefficient (Wildman–Crippen LogP) is 5.35. The Hall–Kier alpha value is -2.07. The molecule has 0 rings (SSSR count). The molecule has 0 fully saturated rings. The third-order valence-electron chi connectivity index (χ3n) is 4.10. The second kappa shape index (κ2) is 8.21. The Morgan fingerprint density at radius 2 is 0.611 bits per heavy atom. The van der Waals surface area contributed by atoms with E-state index in [0.29, 0.717) is 0 Å². The van der Waals surface area contributed by atoms with Gasteiger partial charge >= 0.3 is 65.7 Å². The number of carbonyl (C=O) groups excluding carboxylic acids is 1. The van der Waals surface area contributed by atoms with E-state index < -0.39 is 71.6 Å². The molecule has 0 bridgehead atoms. The maximum atomic E-state index is 13.3. The van der Waals surface area contributed by atoms with E-state index in [-0.39, 0.29) is 0 Å². The Kier molecular flexibility index (Phi) is 7.74. The van der Waals surface area contributed by atoms with Crippen LogP contribution in [-0.4, -0.2) is 71.6 Å². The molecule has 0 spiro atoms. The van der Waals surface area contributed by atoms with Crippen LogP contribution in [0.1, 0.15) is 0 Å². The number of carbonyl (C=O) groups is 1. The molecule has 0 N–H and O–H groups in total. The molecule has 24 heteroatoms. The van der Waals surface area contributed by atoms with Crippen molar-refractivity contribution < 1.29 is 106 Å². The maximum Gasteiger partial charge on any atom is 0.385 e. The van der Waals surface area contributed by atoms with Crippen molar-refractivity contribution in [3.8, 4) is 0 Å². The molecule has 0 atom stereocenters. The van der Waals surface area contributed by atoms with Gasteiger partial charge in [-0.05, 0) is 0 Å². The number of halogens is 22. The normalized spacial score (nSPS) is 16.5. The van der Waals surface area contributed by atoms with Crippen molar-refractivity contribution in [1.82, 2.24) is 0 Å². The standard InChI is InChI=1S/C12H2F22O2/c13-1(14)3(15,16)5(19,20)7(23,24)9(27,28)11(31,32)12(33,34)10(29,30)8(25,26)6(21,22)4(17,18)2(35)36/h1H,(H,35,36)/p-1. The van der Waals surface area contributed by atoms with Gasteiger partial charge < -0.3 is 9.90 Å². The summed E-state index contributed by atoms with van der Waals surface area (Å²) in [6, 6.07) is 0. The lowest BCUT2D eigenvalue weighted by atomic mass is 9.85. The number of carboxylic acid groups (broad SMARTS) is 1. The number of aliphatic carboxylic acids is 1. The first-order chi connectivity index (χ1) is 15.1. The lowest BCUT2D eigenvalue weighted by Gasteiger charge is -2.45. The molecule has 0 radical (unpaired) electrons. The van der Waals surface area contributed by atoms with Gasteiger partial charge in [-0.2, -0.15) is 87.8 Å². The quantitative estimate of drug-likeness (QED) is 0.303. The van der Waals surface area contributed by atoms with Crippen LogP contribution in [0.3, 0.4) is 0 Å². The van der Waals surface area contributed by atoms with Crippen molar-refractivity contribution in [3.05, 3.63) is 0 Å². The minimum Gasteiger partial charge on any atom is -0.544 e. The van der Waals surface area contributed by atoms with Crippen LogP contribution < -0.4 is 5.11 Å². The molecule has 2 nitrogen and oxygen atoms in total. The van der Waals surface area contributed by atoms with Crippen LogP contribution in [0.5, 0.6) is 0 Å². The highest BCUT2D eigenvalue weighted by Crippen LogP contribution is 2.66. The topological polar surface area (TPSA) is 40.1 Å². The highest BCUT2D eigenvalue weighted by atomic mass is 19.4. The summed E-state index contributed by atoms with van der Waals surface area (Å²) in [6.07, 6.45) is -6.22. The molecule has 36 heavy (non-hydrogen) atoms. The van der Waals surface area contributed by atoms with Crippen LogP contribution in [0.4, 0.5) is 96.6 Å². The van der Waals surface area contributed by atoms with Crippen LogP contribution in [0, 0.1) is 0 Å². The molecule has 0 aromatic heterocycles. The van der Waals surface area contributed by atoms with Gasteiger partial charge in [0.2, 0.25) is 0 Å². The predicted molar refractivity (Wildman–Crippen MR) is 60.5 cm³/mol. The average Bonchev–Trinajstić information content (AvgIpc) is 2.65. The molecular formula is C12HF22O2-. The molecular weight excluding hydrogens is 594 g/mol. The van der Waals surface area contributed by atoms with Crippen molar-refractivity contribution in [3.63, 3.8) is 0 Å². The van der Waals surface area contributed by atoms with Crippen LogP contribution >= 0.6 is 0 Å². The molecule has 0 saturated carbocycles. The molecule has 0 aliphatic rings. The number of hydrogen-bond acceptors (Lipinski definition) is 2. The largest absolute Gasteiger partial charge is 0.544 e. The number of carboxylic acids is 1. The fourth-order valence-corrected chi connectivity index (χ4v) is 1.85. The molecule has 0 aromatic rings. The smallest absolute Gasteiger partial charge is 0.385 e. The zero-order chi connectivity index (χ0) is 30.2.